The lowest BCUT2D eigenvalue weighted by atomic mass is 10.2. The van der Waals surface area contributed by atoms with Crippen molar-refractivity contribution in [2.24, 2.45) is 12.8 Å². The number of amides is 1. The summed E-state index contributed by atoms with van der Waals surface area (Å²) in [7, 11) is 1.62. The molecular formula is C10H9FN2O. The standard InChI is InChI=1S/C10H9FN2O/c1-13-7-5-3-2-4-6(7)8(11)9(13)10(12)14/h2-5H,1H3,(H2,12,14). The fourth-order valence-electron chi connectivity index (χ4n) is 1.62. The van der Waals surface area contributed by atoms with E-state index in [0.29, 0.717) is 10.9 Å². The number of rotatable bonds is 1. The van der Waals surface area contributed by atoms with Crippen LogP contribution < -0.4 is 5.73 Å². The Hall–Kier alpha value is -1.84. The average molecular weight is 192 g/mol. The lowest BCUT2D eigenvalue weighted by molar-refractivity contribution is 0.0989. The first kappa shape index (κ1) is 8.74. The summed E-state index contributed by atoms with van der Waals surface area (Å²) in [6.45, 7) is 0. The molecule has 0 radical (unpaired) electrons. The zero-order valence-corrected chi connectivity index (χ0v) is 7.62. The molecule has 1 aromatic heterocycles. The molecule has 3 nitrogen and oxygen atoms in total. The molecule has 2 aromatic rings. The largest absolute Gasteiger partial charge is 0.364 e. The summed E-state index contributed by atoms with van der Waals surface area (Å²) in [6.07, 6.45) is 0. The first-order valence-electron chi connectivity index (χ1n) is 4.15. The van der Waals surface area contributed by atoms with Crippen LogP contribution in [0.4, 0.5) is 4.39 Å². The van der Waals surface area contributed by atoms with Gasteiger partial charge in [0.15, 0.2) is 5.82 Å². The van der Waals surface area contributed by atoms with Gasteiger partial charge in [-0.05, 0) is 12.1 Å². The maximum Gasteiger partial charge on any atom is 0.268 e. The number of carbonyl (C=O) groups excluding carboxylic acids is 1. The van der Waals surface area contributed by atoms with Gasteiger partial charge in [0.2, 0.25) is 0 Å². The third-order valence-corrected chi connectivity index (χ3v) is 2.28. The first-order valence-corrected chi connectivity index (χ1v) is 4.15. The van der Waals surface area contributed by atoms with E-state index in [1.165, 1.54) is 4.57 Å². The van der Waals surface area contributed by atoms with Crippen molar-refractivity contribution in [1.29, 1.82) is 0 Å². The Morgan fingerprint density at radius 1 is 1.43 bits per heavy atom. The van der Waals surface area contributed by atoms with Crippen LogP contribution in [0.2, 0.25) is 0 Å². The number of para-hydroxylation sites is 1. The number of primary amides is 1. The second-order valence-corrected chi connectivity index (χ2v) is 3.10. The van der Waals surface area contributed by atoms with Gasteiger partial charge in [-0.3, -0.25) is 4.79 Å². The molecule has 14 heavy (non-hydrogen) atoms. The molecule has 0 unspecified atom stereocenters. The van der Waals surface area contributed by atoms with E-state index in [9.17, 15) is 9.18 Å². The fraction of sp³-hybridized carbons (Fsp3) is 0.100. The number of hydrogen-bond donors (Lipinski definition) is 1. The molecule has 4 heteroatoms. The molecule has 1 aromatic carbocycles. The quantitative estimate of drug-likeness (QED) is 0.729. The van der Waals surface area contributed by atoms with E-state index in [2.05, 4.69) is 0 Å². The maximum absolute atomic E-state index is 13.6. The van der Waals surface area contributed by atoms with Gasteiger partial charge < -0.3 is 10.3 Å². The molecule has 0 spiro atoms. The third kappa shape index (κ3) is 1.00. The van der Waals surface area contributed by atoms with Gasteiger partial charge in [0.05, 0.1) is 5.52 Å². The smallest absolute Gasteiger partial charge is 0.268 e. The van der Waals surface area contributed by atoms with Crippen molar-refractivity contribution in [1.82, 2.24) is 4.57 Å². The van der Waals surface area contributed by atoms with Gasteiger partial charge in [-0.2, -0.15) is 0 Å². The second kappa shape index (κ2) is 2.83. The molecule has 1 amide bonds. The normalized spacial score (nSPS) is 10.7. The minimum Gasteiger partial charge on any atom is -0.364 e. The Labute approximate surface area is 79.9 Å². The van der Waals surface area contributed by atoms with Crippen LogP contribution in [0.3, 0.4) is 0 Å². The maximum atomic E-state index is 13.6. The Balaban J connectivity index is 2.92. The van der Waals surface area contributed by atoms with Crippen LogP contribution in [0.1, 0.15) is 10.5 Å². The van der Waals surface area contributed by atoms with Gasteiger partial charge in [-0.1, -0.05) is 12.1 Å². The molecule has 1 heterocycles. The molecule has 0 atom stereocenters. The highest BCUT2D eigenvalue weighted by Crippen LogP contribution is 2.22. The zero-order valence-electron chi connectivity index (χ0n) is 7.62. The Morgan fingerprint density at radius 3 is 2.64 bits per heavy atom. The number of nitrogens with zero attached hydrogens (tertiary/aromatic N) is 1. The van der Waals surface area contributed by atoms with E-state index in [1.807, 2.05) is 0 Å². The predicted molar refractivity (Wildman–Crippen MR) is 51.4 cm³/mol. The molecule has 0 saturated carbocycles. The van der Waals surface area contributed by atoms with Gasteiger partial charge in [-0.15, -0.1) is 0 Å². The van der Waals surface area contributed by atoms with Gasteiger partial charge in [0.25, 0.3) is 5.91 Å². The lowest BCUT2D eigenvalue weighted by Crippen LogP contribution is -2.16. The number of aromatic nitrogens is 1. The third-order valence-electron chi connectivity index (χ3n) is 2.28. The van der Waals surface area contributed by atoms with Crippen LogP contribution in [0.15, 0.2) is 24.3 Å². The number of hydrogen-bond acceptors (Lipinski definition) is 1. The Kier molecular flexibility index (Phi) is 1.77. The number of carbonyl (C=O) groups is 1. The van der Waals surface area contributed by atoms with Crippen LogP contribution in [-0.4, -0.2) is 10.5 Å². The van der Waals surface area contributed by atoms with Crippen molar-refractivity contribution in [2.45, 2.75) is 0 Å². The predicted octanol–water partition coefficient (Wildman–Crippen LogP) is 1.42. The molecule has 2 N–H and O–H groups in total. The lowest BCUT2D eigenvalue weighted by Gasteiger charge is -1.98. The second-order valence-electron chi connectivity index (χ2n) is 3.10. The van der Waals surface area contributed by atoms with Crippen molar-refractivity contribution >= 4 is 16.8 Å². The minimum absolute atomic E-state index is 0.0776. The monoisotopic (exact) mass is 192 g/mol. The van der Waals surface area contributed by atoms with Crippen molar-refractivity contribution in [3.8, 4) is 0 Å². The minimum atomic E-state index is -0.749. The summed E-state index contributed by atoms with van der Waals surface area (Å²) in [5.74, 6) is -1.29. The number of nitrogens with two attached hydrogens (primary N) is 1. The molecule has 2 rings (SSSR count). The van der Waals surface area contributed by atoms with Gasteiger partial charge in [-0.25, -0.2) is 4.39 Å². The highest BCUT2D eigenvalue weighted by atomic mass is 19.1. The van der Waals surface area contributed by atoms with Crippen molar-refractivity contribution in [2.75, 3.05) is 0 Å². The van der Waals surface area contributed by atoms with E-state index >= 15 is 0 Å². The number of halogens is 1. The van der Waals surface area contributed by atoms with Crippen LogP contribution >= 0.6 is 0 Å². The summed E-state index contributed by atoms with van der Waals surface area (Å²) in [6, 6.07) is 6.87. The summed E-state index contributed by atoms with van der Waals surface area (Å²) < 4.78 is 15.1. The number of aryl methyl sites for hydroxylation is 1. The fourth-order valence-corrected chi connectivity index (χ4v) is 1.62. The van der Waals surface area contributed by atoms with Crippen LogP contribution in [0.5, 0.6) is 0 Å². The number of fused-ring (bicyclic) bond motifs is 1. The molecule has 0 aliphatic carbocycles. The SMILES string of the molecule is Cn1c(C(N)=O)c(F)c2ccccc21. The van der Waals surface area contributed by atoms with Crippen molar-refractivity contribution in [3.63, 3.8) is 0 Å². The summed E-state index contributed by atoms with van der Waals surface area (Å²) in [5, 5.41) is 0.420. The van der Waals surface area contributed by atoms with Crippen molar-refractivity contribution < 1.29 is 9.18 Å². The molecule has 72 valence electrons. The van der Waals surface area contributed by atoms with Crippen molar-refractivity contribution in [3.05, 3.63) is 35.8 Å². The Morgan fingerprint density at radius 2 is 2.07 bits per heavy atom. The molecule has 0 aliphatic rings. The average Bonchev–Trinajstić information content (AvgIpc) is 2.41. The van der Waals surface area contributed by atoms with Crippen LogP contribution in [0.25, 0.3) is 10.9 Å². The van der Waals surface area contributed by atoms with E-state index < -0.39 is 11.7 Å². The molecule has 0 fully saturated rings. The summed E-state index contributed by atoms with van der Waals surface area (Å²) in [4.78, 5) is 11.0. The van der Waals surface area contributed by atoms with Gasteiger partial charge in [0.1, 0.15) is 5.69 Å². The zero-order chi connectivity index (χ0) is 10.3. The molecular weight excluding hydrogens is 183 g/mol. The van der Waals surface area contributed by atoms with Crippen LogP contribution in [0, 0.1) is 5.82 Å². The summed E-state index contributed by atoms with van der Waals surface area (Å²) in [5.41, 5.74) is 5.67. The molecule has 0 bridgehead atoms. The highest BCUT2D eigenvalue weighted by molar-refractivity contribution is 5.98. The molecule has 0 aliphatic heterocycles. The first-order chi connectivity index (χ1) is 6.63. The number of benzene rings is 1. The Bertz CT molecular complexity index is 477. The summed E-state index contributed by atoms with van der Waals surface area (Å²) >= 11 is 0. The van der Waals surface area contributed by atoms with Crippen LogP contribution in [-0.2, 0) is 7.05 Å². The van der Waals surface area contributed by atoms with Gasteiger partial charge in [0, 0.05) is 12.4 Å². The molecule has 0 saturated heterocycles. The van der Waals surface area contributed by atoms with E-state index in [-0.39, 0.29) is 5.69 Å². The van der Waals surface area contributed by atoms with E-state index in [4.69, 9.17) is 5.73 Å². The highest BCUT2D eigenvalue weighted by Gasteiger charge is 2.18. The van der Waals surface area contributed by atoms with E-state index in [0.717, 1.165) is 0 Å². The van der Waals surface area contributed by atoms with E-state index in [1.54, 1.807) is 31.3 Å². The topological polar surface area (TPSA) is 48.0 Å². The van der Waals surface area contributed by atoms with Gasteiger partial charge >= 0.3 is 0 Å².